The second-order valence-electron chi connectivity index (χ2n) is 4.48. The van der Waals surface area contributed by atoms with Crippen LogP contribution in [0, 0.1) is 11.8 Å². The quantitative estimate of drug-likeness (QED) is 0.769. The summed E-state index contributed by atoms with van der Waals surface area (Å²) in [7, 11) is 0. The molecule has 3 heteroatoms. The Balaban J connectivity index is 1.68. The maximum atomic E-state index is 5.65. The van der Waals surface area contributed by atoms with Gasteiger partial charge < -0.3 is 9.73 Å². The van der Waals surface area contributed by atoms with E-state index in [1.807, 2.05) is 30.3 Å². The van der Waals surface area contributed by atoms with E-state index in [-0.39, 0.29) is 0 Å². The monoisotopic (exact) mass is 240 g/mol. The van der Waals surface area contributed by atoms with Gasteiger partial charge in [0.1, 0.15) is 5.58 Å². The van der Waals surface area contributed by atoms with Crippen molar-refractivity contribution in [2.24, 2.45) is 0 Å². The molecule has 2 aromatic rings. The van der Waals surface area contributed by atoms with Crippen LogP contribution in [-0.4, -0.2) is 37.6 Å². The fourth-order valence-electron chi connectivity index (χ4n) is 2.15. The molecule has 0 aliphatic carbocycles. The fourth-order valence-corrected chi connectivity index (χ4v) is 2.15. The van der Waals surface area contributed by atoms with E-state index in [9.17, 15) is 0 Å². The minimum Gasteiger partial charge on any atom is -0.448 e. The van der Waals surface area contributed by atoms with Crippen LogP contribution in [0.5, 0.6) is 0 Å². The van der Waals surface area contributed by atoms with Crippen molar-refractivity contribution in [3.05, 3.63) is 36.1 Å². The molecule has 0 radical (unpaired) electrons. The number of furan rings is 1. The number of nitrogens with zero attached hydrogens (tertiary/aromatic N) is 1. The maximum absolute atomic E-state index is 5.65. The summed E-state index contributed by atoms with van der Waals surface area (Å²) in [6.07, 6.45) is 0. The van der Waals surface area contributed by atoms with Gasteiger partial charge in [0.05, 0.1) is 6.54 Å². The number of para-hydroxylation sites is 1. The highest BCUT2D eigenvalue weighted by Crippen LogP contribution is 2.17. The maximum Gasteiger partial charge on any atom is 0.178 e. The van der Waals surface area contributed by atoms with E-state index in [0.717, 1.165) is 49.5 Å². The lowest BCUT2D eigenvalue weighted by molar-refractivity contribution is 0.268. The van der Waals surface area contributed by atoms with Crippen molar-refractivity contribution < 1.29 is 4.42 Å². The van der Waals surface area contributed by atoms with E-state index in [4.69, 9.17) is 4.42 Å². The number of hydrogen-bond acceptors (Lipinski definition) is 3. The minimum absolute atomic E-state index is 0.756. The zero-order chi connectivity index (χ0) is 12.2. The van der Waals surface area contributed by atoms with Crippen molar-refractivity contribution in [1.82, 2.24) is 10.2 Å². The molecular formula is C15H16N2O. The van der Waals surface area contributed by atoms with E-state index in [2.05, 4.69) is 22.1 Å². The number of rotatable bonds is 1. The first-order valence-electron chi connectivity index (χ1n) is 6.32. The van der Waals surface area contributed by atoms with Gasteiger partial charge in [0.2, 0.25) is 0 Å². The second kappa shape index (κ2) is 5.26. The fraction of sp³-hybridized carbons (Fsp3) is 0.333. The van der Waals surface area contributed by atoms with Crippen molar-refractivity contribution >= 4 is 11.0 Å². The highest BCUT2D eigenvalue weighted by molar-refractivity contribution is 5.78. The molecule has 1 aromatic carbocycles. The molecule has 2 heterocycles. The van der Waals surface area contributed by atoms with E-state index in [1.54, 1.807) is 0 Å². The molecule has 0 spiro atoms. The molecular weight excluding hydrogens is 224 g/mol. The van der Waals surface area contributed by atoms with Gasteiger partial charge in [-0.15, -0.1) is 0 Å². The van der Waals surface area contributed by atoms with Crippen LogP contribution in [0.15, 0.2) is 34.7 Å². The topological polar surface area (TPSA) is 28.4 Å². The van der Waals surface area contributed by atoms with Gasteiger partial charge in [-0.05, 0) is 12.0 Å². The Morgan fingerprint density at radius 2 is 2.06 bits per heavy atom. The predicted octanol–water partition coefficient (Wildman–Crippen LogP) is 1.69. The first kappa shape index (κ1) is 11.3. The van der Waals surface area contributed by atoms with Gasteiger partial charge in [-0.25, -0.2) is 0 Å². The third-order valence-electron chi connectivity index (χ3n) is 3.15. The third kappa shape index (κ3) is 2.56. The van der Waals surface area contributed by atoms with Crippen LogP contribution >= 0.6 is 0 Å². The molecule has 1 fully saturated rings. The molecule has 1 aromatic heterocycles. The third-order valence-corrected chi connectivity index (χ3v) is 3.15. The van der Waals surface area contributed by atoms with Crippen molar-refractivity contribution in [3.63, 3.8) is 0 Å². The lowest BCUT2D eigenvalue weighted by Gasteiger charge is -2.24. The normalized spacial score (nSPS) is 16.4. The molecule has 1 aliphatic rings. The molecule has 3 nitrogen and oxygen atoms in total. The lowest BCUT2D eigenvalue weighted by Crippen LogP contribution is -2.43. The van der Waals surface area contributed by atoms with Crippen molar-refractivity contribution in [1.29, 1.82) is 0 Å². The Labute approximate surface area is 107 Å². The Kier molecular flexibility index (Phi) is 3.31. The smallest absolute Gasteiger partial charge is 0.178 e. The number of nitrogens with one attached hydrogen (secondary N) is 1. The zero-order valence-corrected chi connectivity index (χ0v) is 10.3. The Morgan fingerprint density at radius 3 is 2.89 bits per heavy atom. The van der Waals surface area contributed by atoms with Crippen LogP contribution in [0.3, 0.4) is 0 Å². The Morgan fingerprint density at radius 1 is 1.22 bits per heavy atom. The summed E-state index contributed by atoms with van der Waals surface area (Å²) in [6.45, 7) is 5.10. The Hall–Kier alpha value is -1.76. The summed E-state index contributed by atoms with van der Waals surface area (Å²) in [4.78, 5) is 2.35. The number of piperazine rings is 1. The van der Waals surface area contributed by atoms with E-state index in [1.165, 1.54) is 0 Å². The SMILES string of the molecule is C(#Cc1cc2ccccc2o1)CN1CCNCC1. The summed E-state index contributed by atoms with van der Waals surface area (Å²) in [6, 6.07) is 10.00. The van der Waals surface area contributed by atoms with Gasteiger partial charge in [-0.2, -0.15) is 0 Å². The van der Waals surface area contributed by atoms with Gasteiger partial charge in [-0.3, -0.25) is 4.90 Å². The minimum atomic E-state index is 0.756. The van der Waals surface area contributed by atoms with Crippen molar-refractivity contribution in [3.8, 4) is 11.8 Å². The number of benzene rings is 1. The van der Waals surface area contributed by atoms with Crippen molar-refractivity contribution in [2.75, 3.05) is 32.7 Å². The van der Waals surface area contributed by atoms with Gasteiger partial charge in [0.15, 0.2) is 5.76 Å². The van der Waals surface area contributed by atoms with E-state index >= 15 is 0 Å². The van der Waals surface area contributed by atoms with Gasteiger partial charge in [-0.1, -0.05) is 24.1 Å². The predicted molar refractivity (Wildman–Crippen MR) is 72.4 cm³/mol. The van der Waals surface area contributed by atoms with Crippen LogP contribution in [0.2, 0.25) is 0 Å². The Bertz CT molecular complexity index is 552. The number of hydrogen-bond donors (Lipinski definition) is 1. The molecule has 0 atom stereocenters. The average Bonchev–Trinajstić information content (AvgIpc) is 2.82. The van der Waals surface area contributed by atoms with E-state index in [0.29, 0.717) is 0 Å². The second-order valence-corrected chi connectivity index (χ2v) is 4.48. The molecule has 1 aliphatic heterocycles. The van der Waals surface area contributed by atoms with Crippen LogP contribution in [0.1, 0.15) is 5.76 Å². The largest absolute Gasteiger partial charge is 0.448 e. The summed E-state index contributed by atoms with van der Waals surface area (Å²) in [5, 5.41) is 4.45. The standard InChI is InChI=1S/C15H16N2O/c1-2-6-15-13(4-1)12-14(18-15)5-3-9-17-10-7-16-8-11-17/h1-2,4,6,12,16H,7-11H2. The summed E-state index contributed by atoms with van der Waals surface area (Å²) >= 11 is 0. The summed E-state index contributed by atoms with van der Waals surface area (Å²) in [5.74, 6) is 7.05. The molecule has 1 saturated heterocycles. The van der Waals surface area contributed by atoms with Gasteiger partial charge in [0, 0.05) is 37.6 Å². The molecule has 92 valence electrons. The van der Waals surface area contributed by atoms with Gasteiger partial charge >= 0.3 is 0 Å². The zero-order valence-electron chi connectivity index (χ0n) is 10.3. The first-order valence-corrected chi connectivity index (χ1v) is 6.32. The molecule has 0 unspecified atom stereocenters. The molecule has 1 N–H and O–H groups in total. The summed E-state index contributed by atoms with van der Waals surface area (Å²) in [5.41, 5.74) is 0.906. The molecule has 0 bridgehead atoms. The van der Waals surface area contributed by atoms with Crippen LogP contribution in [-0.2, 0) is 0 Å². The van der Waals surface area contributed by atoms with Gasteiger partial charge in [0.25, 0.3) is 0 Å². The highest BCUT2D eigenvalue weighted by atomic mass is 16.3. The summed E-state index contributed by atoms with van der Waals surface area (Å²) < 4.78 is 5.65. The van der Waals surface area contributed by atoms with Crippen LogP contribution in [0.4, 0.5) is 0 Å². The average molecular weight is 240 g/mol. The van der Waals surface area contributed by atoms with E-state index < -0.39 is 0 Å². The lowest BCUT2D eigenvalue weighted by atomic mass is 10.2. The van der Waals surface area contributed by atoms with Crippen LogP contribution < -0.4 is 5.32 Å². The molecule has 18 heavy (non-hydrogen) atoms. The highest BCUT2D eigenvalue weighted by Gasteiger charge is 2.06. The molecule has 0 amide bonds. The first-order chi connectivity index (χ1) is 8.92. The van der Waals surface area contributed by atoms with Crippen LogP contribution in [0.25, 0.3) is 11.0 Å². The molecule has 0 saturated carbocycles. The number of fused-ring (bicyclic) bond motifs is 1. The van der Waals surface area contributed by atoms with Crippen molar-refractivity contribution in [2.45, 2.75) is 0 Å². The molecule has 3 rings (SSSR count).